The average Bonchev–Trinajstić information content (AvgIpc) is 2.75. The van der Waals surface area contributed by atoms with Gasteiger partial charge in [-0.15, -0.1) is 0 Å². The van der Waals surface area contributed by atoms with Gasteiger partial charge in [0.15, 0.2) is 23.2 Å². The quantitative estimate of drug-likeness (QED) is 0.0801. The van der Waals surface area contributed by atoms with E-state index >= 15 is 0 Å². The Morgan fingerprint density at radius 1 is 0.742 bits per heavy atom. The van der Waals surface area contributed by atoms with Crippen molar-refractivity contribution in [2.45, 2.75) is 115 Å². The SMILES string of the molecule is CCCCCC[Si](CCC[Si](CC)(CC)CC)(Oc1c(F)cc(F)c(F)c1F)C(C)C. The smallest absolute Gasteiger partial charge is 0.254 e. The van der Waals surface area contributed by atoms with Gasteiger partial charge in [0.05, 0.1) is 8.07 Å². The highest BCUT2D eigenvalue weighted by molar-refractivity contribution is 6.80. The molecular weight excluding hydrogens is 436 g/mol. The molecule has 0 fully saturated rings. The zero-order chi connectivity index (χ0) is 23.7. The molecule has 0 heterocycles. The largest absolute Gasteiger partial charge is 0.539 e. The molecule has 1 atom stereocenters. The van der Waals surface area contributed by atoms with E-state index in [0.29, 0.717) is 6.07 Å². The van der Waals surface area contributed by atoms with Crippen LogP contribution in [0, 0.1) is 23.3 Å². The van der Waals surface area contributed by atoms with E-state index in [-0.39, 0.29) is 5.54 Å². The zero-order valence-corrected chi connectivity index (χ0v) is 22.4. The number of rotatable bonds is 15. The van der Waals surface area contributed by atoms with Gasteiger partial charge in [-0.05, 0) is 17.6 Å². The van der Waals surface area contributed by atoms with Crippen LogP contribution in [0.25, 0.3) is 0 Å². The highest BCUT2D eigenvalue weighted by Crippen LogP contribution is 2.39. The van der Waals surface area contributed by atoms with Gasteiger partial charge in [-0.1, -0.05) is 97.8 Å². The summed E-state index contributed by atoms with van der Waals surface area (Å²) in [4.78, 5) is 0. The minimum atomic E-state index is -2.65. The third-order valence-corrected chi connectivity index (χ3v) is 18.5. The van der Waals surface area contributed by atoms with Crippen molar-refractivity contribution >= 4 is 16.4 Å². The van der Waals surface area contributed by atoms with Crippen molar-refractivity contribution < 1.29 is 22.0 Å². The Hall–Kier alpha value is -0.826. The fourth-order valence-electron chi connectivity index (χ4n) is 4.66. The molecule has 0 amide bonds. The predicted octanol–water partition coefficient (Wildman–Crippen LogP) is 9.46. The first-order valence-electron chi connectivity index (χ1n) is 12.1. The van der Waals surface area contributed by atoms with E-state index in [4.69, 9.17) is 4.43 Å². The standard InChI is InChI=1S/C24H42F4OSi2/c1-7-11-12-13-16-31(19(5)6,17-14-15-30(8-2,9-3)10-4)29-24-21(26)18-20(25)22(27)23(24)28/h18-19H,7-17H2,1-6H3. The summed E-state index contributed by atoms with van der Waals surface area (Å²) in [6, 6.07) is 6.86. The van der Waals surface area contributed by atoms with E-state index in [1.807, 2.05) is 13.8 Å². The molecule has 1 rings (SSSR count). The molecule has 1 nitrogen and oxygen atoms in total. The maximum Gasteiger partial charge on any atom is 0.254 e. The third kappa shape index (κ3) is 7.34. The van der Waals surface area contributed by atoms with Crippen LogP contribution in [-0.2, 0) is 0 Å². The number of halogens is 4. The van der Waals surface area contributed by atoms with Gasteiger partial charge in [0.2, 0.25) is 5.82 Å². The minimum absolute atomic E-state index is 0.113. The van der Waals surface area contributed by atoms with E-state index in [9.17, 15) is 17.6 Å². The van der Waals surface area contributed by atoms with Crippen molar-refractivity contribution in [3.63, 3.8) is 0 Å². The molecule has 0 spiro atoms. The van der Waals surface area contributed by atoms with Crippen LogP contribution < -0.4 is 4.43 Å². The first-order valence-corrected chi connectivity index (χ1v) is 17.4. The first kappa shape index (κ1) is 28.2. The summed E-state index contributed by atoms with van der Waals surface area (Å²) in [6.07, 6.45) is 5.16. The second kappa shape index (κ2) is 13.0. The molecule has 0 aliphatic rings. The molecule has 0 N–H and O–H groups in total. The molecule has 0 saturated carbocycles. The van der Waals surface area contributed by atoms with Crippen molar-refractivity contribution in [3.05, 3.63) is 29.3 Å². The summed E-state index contributed by atoms with van der Waals surface area (Å²) >= 11 is 0. The topological polar surface area (TPSA) is 9.23 Å². The summed E-state index contributed by atoms with van der Waals surface area (Å²) in [5.41, 5.74) is 0.113. The highest BCUT2D eigenvalue weighted by Gasteiger charge is 2.42. The zero-order valence-electron chi connectivity index (χ0n) is 20.4. The van der Waals surface area contributed by atoms with Gasteiger partial charge >= 0.3 is 0 Å². The van der Waals surface area contributed by atoms with Crippen LogP contribution in [0.1, 0.15) is 73.6 Å². The van der Waals surface area contributed by atoms with Gasteiger partial charge in [0, 0.05) is 6.07 Å². The van der Waals surface area contributed by atoms with Crippen molar-refractivity contribution in [3.8, 4) is 5.75 Å². The summed E-state index contributed by atoms with van der Waals surface area (Å²) in [6.45, 7) is 13.1. The van der Waals surface area contributed by atoms with Crippen LogP contribution in [0.4, 0.5) is 17.6 Å². The van der Waals surface area contributed by atoms with Crippen LogP contribution in [0.5, 0.6) is 5.75 Å². The van der Waals surface area contributed by atoms with Gasteiger partial charge in [-0.2, -0.15) is 4.39 Å². The van der Waals surface area contributed by atoms with Gasteiger partial charge in [-0.25, -0.2) is 13.2 Å². The van der Waals surface area contributed by atoms with Crippen LogP contribution in [-0.4, -0.2) is 16.4 Å². The van der Waals surface area contributed by atoms with Crippen LogP contribution in [0.15, 0.2) is 6.07 Å². The Morgan fingerprint density at radius 2 is 1.32 bits per heavy atom. The van der Waals surface area contributed by atoms with E-state index < -0.39 is 45.4 Å². The third-order valence-electron chi connectivity index (χ3n) is 7.44. The average molecular weight is 479 g/mol. The maximum atomic E-state index is 14.5. The predicted molar refractivity (Wildman–Crippen MR) is 128 cm³/mol. The van der Waals surface area contributed by atoms with Crippen molar-refractivity contribution in [2.75, 3.05) is 0 Å². The molecule has 180 valence electrons. The van der Waals surface area contributed by atoms with Crippen molar-refractivity contribution in [1.29, 1.82) is 0 Å². The van der Waals surface area contributed by atoms with E-state index in [1.165, 1.54) is 24.2 Å². The van der Waals surface area contributed by atoms with Crippen molar-refractivity contribution in [1.82, 2.24) is 0 Å². The molecule has 0 bridgehead atoms. The Labute approximate surface area is 189 Å². The second-order valence-corrected chi connectivity index (χ2v) is 19.5. The van der Waals surface area contributed by atoms with Gasteiger partial charge < -0.3 is 4.43 Å². The molecular formula is C24H42F4OSi2. The number of unbranched alkanes of at least 4 members (excludes halogenated alkanes) is 3. The van der Waals surface area contributed by atoms with Gasteiger partial charge in [0.25, 0.3) is 8.32 Å². The van der Waals surface area contributed by atoms with Gasteiger partial charge in [0.1, 0.15) is 0 Å². The fraction of sp³-hybridized carbons (Fsp3) is 0.750. The van der Waals surface area contributed by atoms with Crippen LogP contribution >= 0.6 is 0 Å². The molecule has 0 aromatic heterocycles. The maximum absolute atomic E-state index is 14.5. The lowest BCUT2D eigenvalue weighted by atomic mass is 10.2. The first-order chi connectivity index (χ1) is 14.6. The lowest BCUT2D eigenvalue weighted by Crippen LogP contribution is -2.46. The monoisotopic (exact) mass is 478 g/mol. The second-order valence-electron chi connectivity index (χ2n) is 9.34. The Bertz CT molecular complexity index is 672. The summed E-state index contributed by atoms with van der Waals surface area (Å²) in [5.74, 6) is -6.60. The van der Waals surface area contributed by atoms with E-state index in [2.05, 4.69) is 27.7 Å². The fourth-order valence-corrected chi connectivity index (χ4v) is 12.6. The van der Waals surface area contributed by atoms with E-state index in [0.717, 1.165) is 44.2 Å². The van der Waals surface area contributed by atoms with Crippen molar-refractivity contribution in [2.24, 2.45) is 0 Å². The van der Waals surface area contributed by atoms with E-state index in [1.54, 1.807) is 0 Å². The number of hydrogen-bond acceptors (Lipinski definition) is 1. The van der Waals surface area contributed by atoms with Crippen LogP contribution in [0.3, 0.4) is 0 Å². The summed E-state index contributed by atoms with van der Waals surface area (Å²) in [7, 11) is -3.97. The molecule has 1 aromatic carbocycles. The lowest BCUT2D eigenvalue weighted by Gasteiger charge is -2.37. The molecule has 0 saturated heterocycles. The summed E-state index contributed by atoms with van der Waals surface area (Å²) < 4.78 is 62.4. The molecule has 31 heavy (non-hydrogen) atoms. The molecule has 7 heteroatoms. The number of hydrogen-bond donors (Lipinski definition) is 0. The molecule has 1 unspecified atom stereocenters. The lowest BCUT2D eigenvalue weighted by molar-refractivity contribution is 0.380. The molecule has 0 aliphatic carbocycles. The molecule has 0 aliphatic heterocycles. The molecule has 1 aromatic rings. The summed E-state index contributed by atoms with van der Waals surface area (Å²) in [5, 5.41) is 0. The Morgan fingerprint density at radius 3 is 1.84 bits per heavy atom. The highest BCUT2D eigenvalue weighted by atomic mass is 28.4. The normalized spacial score (nSPS) is 14.2. The van der Waals surface area contributed by atoms with Crippen LogP contribution in [0.2, 0.25) is 41.8 Å². The van der Waals surface area contributed by atoms with Gasteiger partial charge in [-0.3, -0.25) is 0 Å². The Kier molecular flexibility index (Phi) is 11.8. The number of benzene rings is 1. The Balaban J connectivity index is 3.21. The minimum Gasteiger partial charge on any atom is -0.539 e. The molecule has 0 radical (unpaired) electrons.